The second kappa shape index (κ2) is 10.1. The van der Waals surface area contributed by atoms with E-state index in [0.29, 0.717) is 0 Å². The Balaban J connectivity index is 1.12. The van der Waals surface area contributed by atoms with Gasteiger partial charge in [-0.2, -0.15) is 0 Å². The first kappa shape index (κ1) is 26.7. The Kier molecular flexibility index (Phi) is 5.51. The molecule has 4 nitrogen and oxygen atoms in total. The van der Waals surface area contributed by atoms with E-state index < -0.39 is 0 Å². The Morgan fingerprint density at radius 3 is 1.96 bits per heavy atom. The van der Waals surface area contributed by atoms with E-state index in [0.717, 1.165) is 50.1 Å². The summed E-state index contributed by atoms with van der Waals surface area (Å²) >= 11 is 1.87. The Labute approximate surface area is 284 Å². The molecule has 0 N–H and O–H groups in total. The summed E-state index contributed by atoms with van der Waals surface area (Å²) in [6.07, 6.45) is 0. The highest BCUT2D eigenvalue weighted by Crippen LogP contribution is 2.41. The zero-order valence-electron chi connectivity index (χ0n) is 26.2. The van der Waals surface area contributed by atoms with E-state index in [2.05, 4.69) is 155 Å². The van der Waals surface area contributed by atoms with E-state index in [-0.39, 0.29) is 0 Å². The third-order valence-electron chi connectivity index (χ3n) is 9.93. The number of hydrogen-bond acceptors (Lipinski definition) is 3. The Hall–Kier alpha value is -6.30. The van der Waals surface area contributed by atoms with Gasteiger partial charge in [-0.25, -0.2) is 9.97 Å². The summed E-state index contributed by atoms with van der Waals surface area (Å²) in [6, 6.07) is 56.5. The summed E-state index contributed by atoms with van der Waals surface area (Å²) in [4.78, 5) is 10.5. The van der Waals surface area contributed by atoms with Crippen LogP contribution >= 0.6 is 11.3 Å². The number of para-hydroxylation sites is 4. The van der Waals surface area contributed by atoms with Gasteiger partial charge in [0.1, 0.15) is 5.65 Å². The molecule has 0 fully saturated rings. The number of hydrogen-bond donors (Lipinski definition) is 0. The molecule has 0 aliphatic rings. The summed E-state index contributed by atoms with van der Waals surface area (Å²) in [5.41, 5.74) is 10.9. The molecule has 0 unspecified atom stereocenters. The lowest BCUT2D eigenvalue weighted by Crippen LogP contribution is -2.06. The van der Waals surface area contributed by atoms with Crippen molar-refractivity contribution in [2.75, 3.05) is 0 Å². The zero-order valence-corrected chi connectivity index (χ0v) is 27.0. The molecule has 7 aromatic carbocycles. The van der Waals surface area contributed by atoms with Crippen LogP contribution in [0.3, 0.4) is 0 Å². The summed E-state index contributed by atoms with van der Waals surface area (Å²) in [5.74, 6) is 0.831. The molecule has 4 aromatic heterocycles. The number of fused-ring (bicyclic) bond motifs is 11. The monoisotopic (exact) mass is 642 g/mol. The van der Waals surface area contributed by atoms with Crippen LogP contribution in [0.25, 0.3) is 97.8 Å². The lowest BCUT2D eigenvalue weighted by atomic mass is 9.98. The van der Waals surface area contributed by atoms with Crippen LogP contribution in [0.4, 0.5) is 0 Å². The second-order valence-electron chi connectivity index (χ2n) is 12.6. The molecule has 0 saturated heterocycles. The van der Waals surface area contributed by atoms with Crippen LogP contribution in [0.15, 0.2) is 158 Å². The van der Waals surface area contributed by atoms with E-state index in [9.17, 15) is 0 Å². The molecule has 0 radical (unpaired) electrons. The molecule has 4 heterocycles. The highest BCUT2D eigenvalue weighted by atomic mass is 32.1. The number of benzene rings is 7. The normalized spacial score (nSPS) is 12.1. The topological polar surface area (TPSA) is 35.1 Å². The molecule has 0 atom stereocenters. The van der Waals surface area contributed by atoms with Gasteiger partial charge in [-0.15, -0.1) is 11.3 Å². The molecule has 0 bridgehead atoms. The molecule has 49 heavy (non-hydrogen) atoms. The number of aromatic nitrogens is 4. The van der Waals surface area contributed by atoms with Crippen molar-refractivity contribution in [3.63, 3.8) is 0 Å². The van der Waals surface area contributed by atoms with Crippen LogP contribution in [-0.2, 0) is 0 Å². The van der Waals surface area contributed by atoms with Gasteiger partial charge in [0.05, 0.1) is 27.6 Å². The molecule has 11 aromatic rings. The SMILES string of the molecule is c1ccc2c(c1)nc(-n1c3ccccc3c3ccc(-c4ccc(-c5cccc6c5sc5ccccc56)cc4)cc31)n1c3ccccc3nc21. The van der Waals surface area contributed by atoms with Crippen molar-refractivity contribution in [3.05, 3.63) is 158 Å². The molecule has 0 amide bonds. The number of rotatable bonds is 3. The van der Waals surface area contributed by atoms with Crippen LogP contribution < -0.4 is 0 Å². The maximum atomic E-state index is 5.34. The summed E-state index contributed by atoms with van der Waals surface area (Å²) in [6.45, 7) is 0. The minimum atomic E-state index is 0.831. The van der Waals surface area contributed by atoms with E-state index in [1.54, 1.807) is 0 Å². The molecular formula is C44H26N4S. The van der Waals surface area contributed by atoms with Crippen molar-refractivity contribution in [1.29, 1.82) is 0 Å². The van der Waals surface area contributed by atoms with Crippen molar-refractivity contribution >= 4 is 80.9 Å². The standard InChI is InChI=1S/C44H26N4S/c1-4-15-36-35(12-1)43-45-37-16-5-7-18-39(37)48(43)44(46-36)47-38-17-6-2-10-31(38)32-25-24-29(26-40(32)47)27-20-22-28(23-21-27)30-13-9-14-34-33-11-3-8-19-41(33)49-42(30)34/h1-26H. The van der Waals surface area contributed by atoms with Gasteiger partial charge in [0, 0.05) is 36.3 Å². The molecule has 0 saturated carbocycles. The van der Waals surface area contributed by atoms with Gasteiger partial charge in [-0.05, 0) is 64.7 Å². The van der Waals surface area contributed by atoms with Gasteiger partial charge in [-0.3, -0.25) is 8.97 Å². The van der Waals surface area contributed by atoms with E-state index in [1.807, 2.05) is 23.5 Å². The van der Waals surface area contributed by atoms with E-state index in [1.165, 1.54) is 47.6 Å². The lowest BCUT2D eigenvalue weighted by Gasteiger charge is -2.13. The number of imidazole rings is 1. The summed E-state index contributed by atoms with van der Waals surface area (Å²) in [5, 5.41) is 6.08. The fourth-order valence-corrected chi connectivity index (χ4v) is 8.90. The first-order valence-electron chi connectivity index (χ1n) is 16.5. The molecule has 5 heteroatoms. The van der Waals surface area contributed by atoms with Gasteiger partial charge in [-0.1, -0.05) is 115 Å². The van der Waals surface area contributed by atoms with Gasteiger partial charge >= 0.3 is 0 Å². The van der Waals surface area contributed by atoms with Crippen molar-refractivity contribution in [1.82, 2.24) is 18.9 Å². The Morgan fingerprint density at radius 1 is 0.429 bits per heavy atom. The average molecular weight is 643 g/mol. The number of thiophene rings is 1. The predicted octanol–water partition coefficient (Wildman–Crippen LogP) is 11.8. The maximum Gasteiger partial charge on any atom is 0.221 e. The van der Waals surface area contributed by atoms with Gasteiger partial charge in [0.25, 0.3) is 0 Å². The Morgan fingerprint density at radius 2 is 1.08 bits per heavy atom. The first-order chi connectivity index (χ1) is 24.3. The van der Waals surface area contributed by atoms with Gasteiger partial charge < -0.3 is 0 Å². The molecule has 0 aliphatic heterocycles. The minimum Gasteiger partial charge on any atom is -0.279 e. The number of nitrogens with zero attached hydrogens (tertiary/aromatic N) is 4. The van der Waals surface area contributed by atoms with Crippen LogP contribution in [-0.4, -0.2) is 18.9 Å². The quantitative estimate of drug-likeness (QED) is 0.192. The van der Waals surface area contributed by atoms with Crippen molar-refractivity contribution in [3.8, 4) is 28.2 Å². The molecule has 228 valence electrons. The van der Waals surface area contributed by atoms with E-state index >= 15 is 0 Å². The Bertz CT molecular complexity index is 3110. The first-order valence-corrected chi connectivity index (χ1v) is 17.3. The van der Waals surface area contributed by atoms with Gasteiger partial charge in [0.15, 0.2) is 0 Å². The molecule has 0 spiro atoms. The van der Waals surface area contributed by atoms with Crippen molar-refractivity contribution in [2.45, 2.75) is 0 Å². The van der Waals surface area contributed by atoms with Crippen LogP contribution in [0.2, 0.25) is 0 Å². The van der Waals surface area contributed by atoms with Crippen molar-refractivity contribution in [2.24, 2.45) is 0 Å². The van der Waals surface area contributed by atoms with Gasteiger partial charge in [0.2, 0.25) is 5.95 Å². The summed E-state index contributed by atoms with van der Waals surface area (Å²) in [7, 11) is 0. The lowest BCUT2D eigenvalue weighted by molar-refractivity contribution is 0.979. The molecule has 11 rings (SSSR count). The fourth-order valence-electron chi connectivity index (χ4n) is 7.66. The minimum absolute atomic E-state index is 0.831. The van der Waals surface area contributed by atoms with Crippen LogP contribution in [0.1, 0.15) is 0 Å². The molecular weight excluding hydrogens is 617 g/mol. The van der Waals surface area contributed by atoms with Crippen LogP contribution in [0.5, 0.6) is 0 Å². The van der Waals surface area contributed by atoms with Crippen molar-refractivity contribution < 1.29 is 0 Å². The molecule has 0 aliphatic carbocycles. The van der Waals surface area contributed by atoms with Crippen LogP contribution in [0, 0.1) is 0 Å². The summed E-state index contributed by atoms with van der Waals surface area (Å²) < 4.78 is 7.20. The van der Waals surface area contributed by atoms with E-state index in [4.69, 9.17) is 9.97 Å². The maximum absolute atomic E-state index is 5.34. The smallest absolute Gasteiger partial charge is 0.221 e. The fraction of sp³-hybridized carbons (Fsp3) is 0. The third-order valence-corrected chi connectivity index (χ3v) is 11.2. The second-order valence-corrected chi connectivity index (χ2v) is 13.7. The predicted molar refractivity (Wildman–Crippen MR) is 206 cm³/mol. The average Bonchev–Trinajstić information content (AvgIpc) is 3.84. The zero-order chi connectivity index (χ0) is 32.1. The third kappa shape index (κ3) is 3.85. The highest BCUT2D eigenvalue weighted by Gasteiger charge is 2.20. The highest BCUT2D eigenvalue weighted by molar-refractivity contribution is 7.26. The largest absolute Gasteiger partial charge is 0.279 e.